The van der Waals surface area contributed by atoms with Crippen molar-refractivity contribution in [2.75, 3.05) is 0 Å². The maximum atomic E-state index is 11.4. The second-order valence-corrected chi connectivity index (χ2v) is 3.20. The molecule has 0 aliphatic carbocycles. The Hall–Kier alpha value is -0.920. The highest BCUT2D eigenvalue weighted by atomic mass is 16.1. The molecule has 0 saturated carbocycles. The van der Waals surface area contributed by atoms with Crippen molar-refractivity contribution in [1.82, 2.24) is 0 Å². The Morgan fingerprint density at radius 3 is 2.69 bits per heavy atom. The van der Waals surface area contributed by atoms with Gasteiger partial charge in [-0.3, -0.25) is 4.79 Å². The van der Waals surface area contributed by atoms with Crippen LogP contribution in [0.4, 0.5) is 0 Å². The van der Waals surface area contributed by atoms with Gasteiger partial charge in [0.15, 0.2) is 0 Å². The number of hydrogen-bond donors (Lipinski definition) is 0. The summed E-state index contributed by atoms with van der Waals surface area (Å²) in [5.41, 5.74) is 0. The van der Waals surface area contributed by atoms with Gasteiger partial charge in [0, 0.05) is 5.92 Å². The highest BCUT2D eigenvalue weighted by Crippen LogP contribution is 2.15. The molecule has 74 valence electrons. The summed E-state index contributed by atoms with van der Waals surface area (Å²) >= 11 is 0. The summed E-state index contributed by atoms with van der Waals surface area (Å²) in [5.74, 6) is 0.0750. The van der Waals surface area contributed by atoms with Crippen LogP contribution < -0.4 is 0 Å². The fourth-order valence-corrected chi connectivity index (χ4v) is 1.31. The molecule has 0 aromatic heterocycles. The van der Waals surface area contributed by atoms with Crippen LogP contribution in [0.2, 0.25) is 0 Å². The fourth-order valence-electron chi connectivity index (χ4n) is 1.31. The van der Waals surface area contributed by atoms with Gasteiger partial charge in [-0.2, -0.15) is 0 Å². The van der Waals surface area contributed by atoms with E-state index in [9.17, 15) is 9.59 Å². The summed E-state index contributed by atoms with van der Waals surface area (Å²) in [5, 5.41) is 0. The maximum Gasteiger partial charge on any atom is 0.143 e. The number of aldehydes is 1. The van der Waals surface area contributed by atoms with Crippen LogP contribution in [0.5, 0.6) is 0 Å². The first-order valence-electron chi connectivity index (χ1n) is 4.83. The molecule has 2 nitrogen and oxygen atoms in total. The van der Waals surface area contributed by atoms with Gasteiger partial charge >= 0.3 is 0 Å². The first kappa shape index (κ1) is 12.1. The molecule has 0 aromatic rings. The molecule has 0 spiro atoms. The molecule has 0 fully saturated rings. The predicted octanol–water partition coefficient (Wildman–Crippen LogP) is 2.53. The first-order valence-corrected chi connectivity index (χ1v) is 4.83. The molecule has 0 bridgehead atoms. The largest absolute Gasteiger partial charge is 0.303 e. The Labute approximate surface area is 80.0 Å². The van der Waals surface area contributed by atoms with Crippen molar-refractivity contribution in [1.29, 1.82) is 0 Å². The van der Waals surface area contributed by atoms with Crippen molar-refractivity contribution in [2.24, 2.45) is 5.92 Å². The number of hydrogen-bond acceptors (Lipinski definition) is 2. The molecule has 1 unspecified atom stereocenters. The molecule has 2 heteroatoms. The number of allylic oxidation sites excluding steroid dienone is 1. The van der Waals surface area contributed by atoms with Gasteiger partial charge in [0.25, 0.3) is 0 Å². The van der Waals surface area contributed by atoms with Gasteiger partial charge in [-0.15, -0.1) is 6.58 Å². The fraction of sp³-hybridized carbons (Fsp3) is 0.636. The standard InChI is InChI=1S/C11H18O2/c1-3-5-7-10(6-4-2)11(13)8-9-12/h4,9-10H,2-3,5-8H2,1H3. The molecule has 0 aliphatic rings. The van der Waals surface area contributed by atoms with Crippen LogP contribution in [-0.2, 0) is 9.59 Å². The third-order valence-electron chi connectivity index (χ3n) is 2.10. The van der Waals surface area contributed by atoms with Gasteiger partial charge in [-0.1, -0.05) is 25.8 Å². The van der Waals surface area contributed by atoms with E-state index >= 15 is 0 Å². The third-order valence-corrected chi connectivity index (χ3v) is 2.10. The van der Waals surface area contributed by atoms with Gasteiger partial charge < -0.3 is 4.79 Å². The lowest BCUT2D eigenvalue weighted by Crippen LogP contribution is -2.14. The van der Waals surface area contributed by atoms with E-state index in [1.165, 1.54) is 0 Å². The van der Waals surface area contributed by atoms with E-state index in [2.05, 4.69) is 13.5 Å². The Kier molecular flexibility index (Phi) is 7.17. The smallest absolute Gasteiger partial charge is 0.143 e. The maximum absolute atomic E-state index is 11.4. The SMILES string of the molecule is C=CCC(CCCC)C(=O)CC=O. The summed E-state index contributed by atoms with van der Waals surface area (Å²) in [7, 11) is 0. The number of carbonyl (C=O) groups is 2. The normalized spacial score (nSPS) is 12.1. The van der Waals surface area contributed by atoms with E-state index in [0.29, 0.717) is 12.7 Å². The van der Waals surface area contributed by atoms with E-state index in [1.807, 2.05) is 0 Å². The van der Waals surface area contributed by atoms with Crippen molar-refractivity contribution < 1.29 is 9.59 Å². The van der Waals surface area contributed by atoms with Crippen molar-refractivity contribution in [3.63, 3.8) is 0 Å². The summed E-state index contributed by atoms with van der Waals surface area (Å²) in [6.07, 6.45) is 6.21. The molecule has 0 amide bonds. The summed E-state index contributed by atoms with van der Waals surface area (Å²) in [6, 6.07) is 0. The lowest BCUT2D eigenvalue weighted by atomic mass is 9.93. The molecule has 0 saturated heterocycles. The Morgan fingerprint density at radius 2 is 2.23 bits per heavy atom. The first-order chi connectivity index (χ1) is 6.26. The number of ketones is 1. The van der Waals surface area contributed by atoms with Crippen LogP contribution in [0.25, 0.3) is 0 Å². The molecule has 13 heavy (non-hydrogen) atoms. The zero-order valence-electron chi connectivity index (χ0n) is 8.29. The number of carbonyl (C=O) groups excluding carboxylic acids is 2. The van der Waals surface area contributed by atoms with E-state index in [0.717, 1.165) is 19.3 Å². The molecule has 0 heterocycles. The zero-order valence-corrected chi connectivity index (χ0v) is 8.29. The second kappa shape index (κ2) is 7.71. The Morgan fingerprint density at radius 1 is 1.54 bits per heavy atom. The molecule has 0 N–H and O–H groups in total. The Bertz CT molecular complexity index is 173. The van der Waals surface area contributed by atoms with Crippen LogP contribution in [0.1, 0.15) is 39.0 Å². The van der Waals surface area contributed by atoms with Gasteiger partial charge in [0.2, 0.25) is 0 Å². The van der Waals surface area contributed by atoms with E-state index in [-0.39, 0.29) is 18.1 Å². The summed E-state index contributed by atoms with van der Waals surface area (Å²) < 4.78 is 0. The Balaban J connectivity index is 3.97. The minimum atomic E-state index is 0.0163. The van der Waals surface area contributed by atoms with Gasteiger partial charge in [-0.05, 0) is 12.8 Å². The van der Waals surface area contributed by atoms with Crippen LogP contribution in [0.15, 0.2) is 12.7 Å². The van der Waals surface area contributed by atoms with Crippen molar-refractivity contribution in [3.8, 4) is 0 Å². The summed E-state index contributed by atoms with van der Waals surface area (Å²) in [6.45, 7) is 5.70. The van der Waals surface area contributed by atoms with E-state index in [4.69, 9.17) is 0 Å². The highest BCUT2D eigenvalue weighted by molar-refractivity contribution is 5.91. The van der Waals surface area contributed by atoms with Crippen LogP contribution in [0.3, 0.4) is 0 Å². The minimum Gasteiger partial charge on any atom is -0.303 e. The number of unbranched alkanes of at least 4 members (excludes halogenated alkanes) is 1. The molecule has 0 radical (unpaired) electrons. The quantitative estimate of drug-likeness (QED) is 0.328. The van der Waals surface area contributed by atoms with Gasteiger partial charge in [0.05, 0.1) is 6.42 Å². The second-order valence-electron chi connectivity index (χ2n) is 3.20. The molecule has 0 aliphatic heterocycles. The minimum absolute atomic E-state index is 0.0163. The average Bonchev–Trinajstić information content (AvgIpc) is 2.12. The number of Topliss-reactive ketones (excluding diaryl/α,β-unsaturated/α-hetero) is 1. The lowest BCUT2D eigenvalue weighted by Gasteiger charge is -2.11. The zero-order chi connectivity index (χ0) is 10.1. The van der Waals surface area contributed by atoms with E-state index < -0.39 is 0 Å². The molecule has 0 rings (SSSR count). The van der Waals surface area contributed by atoms with Crippen molar-refractivity contribution >= 4 is 12.1 Å². The molecular formula is C11H18O2. The van der Waals surface area contributed by atoms with Crippen LogP contribution in [0, 0.1) is 5.92 Å². The van der Waals surface area contributed by atoms with Gasteiger partial charge in [-0.25, -0.2) is 0 Å². The molecule has 1 atom stereocenters. The number of rotatable bonds is 8. The van der Waals surface area contributed by atoms with Crippen molar-refractivity contribution in [2.45, 2.75) is 39.0 Å². The molecule has 0 aromatic carbocycles. The monoisotopic (exact) mass is 182 g/mol. The summed E-state index contributed by atoms with van der Waals surface area (Å²) in [4.78, 5) is 21.5. The van der Waals surface area contributed by atoms with Gasteiger partial charge in [0.1, 0.15) is 12.1 Å². The lowest BCUT2D eigenvalue weighted by molar-refractivity contribution is -0.125. The van der Waals surface area contributed by atoms with Crippen molar-refractivity contribution in [3.05, 3.63) is 12.7 Å². The average molecular weight is 182 g/mol. The topological polar surface area (TPSA) is 34.1 Å². The molecular weight excluding hydrogens is 164 g/mol. The van der Waals surface area contributed by atoms with Crippen LogP contribution in [-0.4, -0.2) is 12.1 Å². The predicted molar refractivity (Wildman–Crippen MR) is 53.5 cm³/mol. The third kappa shape index (κ3) is 5.34. The van der Waals surface area contributed by atoms with Crippen LogP contribution >= 0.6 is 0 Å². The highest BCUT2D eigenvalue weighted by Gasteiger charge is 2.15. The van der Waals surface area contributed by atoms with E-state index in [1.54, 1.807) is 6.08 Å².